The molecule has 28 heavy (non-hydrogen) atoms. The molecule has 0 aliphatic carbocycles. The number of anilines is 4. The minimum Gasteiger partial charge on any atom is -0.493 e. The number of ether oxygens (including phenoxy) is 3. The van der Waals surface area contributed by atoms with Gasteiger partial charge in [0.2, 0.25) is 5.75 Å². The Morgan fingerprint density at radius 1 is 0.714 bits per heavy atom. The summed E-state index contributed by atoms with van der Waals surface area (Å²) in [6.45, 7) is 3.90. The van der Waals surface area contributed by atoms with Crippen LogP contribution in [0.1, 0.15) is 11.4 Å². The number of aromatic nitrogens is 2. The second kappa shape index (κ2) is 8.47. The van der Waals surface area contributed by atoms with E-state index < -0.39 is 0 Å². The third-order valence-corrected chi connectivity index (χ3v) is 4.07. The van der Waals surface area contributed by atoms with Crippen molar-refractivity contribution >= 4 is 23.0 Å². The van der Waals surface area contributed by atoms with Crippen molar-refractivity contribution in [2.45, 2.75) is 13.8 Å². The fourth-order valence-electron chi connectivity index (χ4n) is 2.87. The van der Waals surface area contributed by atoms with Gasteiger partial charge in [0.05, 0.1) is 21.3 Å². The molecule has 0 saturated carbocycles. The van der Waals surface area contributed by atoms with Gasteiger partial charge in [-0.05, 0) is 31.5 Å². The van der Waals surface area contributed by atoms with Gasteiger partial charge in [0.25, 0.3) is 0 Å². The zero-order valence-corrected chi connectivity index (χ0v) is 16.7. The van der Waals surface area contributed by atoms with Gasteiger partial charge in [-0.3, -0.25) is 0 Å². The number of nitrogens with zero attached hydrogens (tertiary/aromatic N) is 2. The van der Waals surface area contributed by atoms with Crippen LogP contribution in [0.2, 0.25) is 0 Å². The molecule has 0 saturated heterocycles. The molecular formula is C21H24N4O3. The summed E-state index contributed by atoms with van der Waals surface area (Å²) in [5, 5.41) is 6.59. The van der Waals surface area contributed by atoms with Crippen molar-refractivity contribution < 1.29 is 14.2 Å². The van der Waals surface area contributed by atoms with Crippen molar-refractivity contribution in [2.75, 3.05) is 32.0 Å². The molecule has 3 aromatic rings. The average molecular weight is 380 g/mol. The van der Waals surface area contributed by atoms with E-state index in [1.807, 2.05) is 50.2 Å². The Hall–Kier alpha value is -3.48. The smallest absolute Gasteiger partial charge is 0.203 e. The lowest BCUT2D eigenvalue weighted by molar-refractivity contribution is 0.324. The van der Waals surface area contributed by atoms with Crippen LogP contribution in [-0.4, -0.2) is 31.3 Å². The Morgan fingerprint density at radius 2 is 1.32 bits per heavy atom. The van der Waals surface area contributed by atoms with Gasteiger partial charge in [0.1, 0.15) is 17.5 Å². The molecule has 0 amide bonds. The third kappa shape index (κ3) is 4.43. The number of nitrogens with one attached hydrogen (secondary N) is 2. The van der Waals surface area contributed by atoms with Gasteiger partial charge in [0, 0.05) is 29.6 Å². The Labute approximate surface area is 164 Å². The third-order valence-electron chi connectivity index (χ3n) is 4.07. The largest absolute Gasteiger partial charge is 0.493 e. The van der Waals surface area contributed by atoms with E-state index in [1.165, 1.54) is 5.56 Å². The van der Waals surface area contributed by atoms with Crippen molar-refractivity contribution in [1.29, 1.82) is 0 Å². The molecular weight excluding hydrogens is 356 g/mol. The minimum absolute atomic E-state index is 0.538. The topological polar surface area (TPSA) is 77.5 Å². The van der Waals surface area contributed by atoms with Gasteiger partial charge in [-0.25, -0.2) is 9.97 Å². The number of aryl methyl sites for hydroxylation is 2. The number of hydrogen-bond acceptors (Lipinski definition) is 7. The van der Waals surface area contributed by atoms with E-state index in [1.54, 1.807) is 21.3 Å². The second-order valence-electron chi connectivity index (χ2n) is 6.22. The number of methoxy groups -OCH3 is 3. The molecule has 1 heterocycles. The Bertz CT molecular complexity index is 951. The molecule has 7 nitrogen and oxygen atoms in total. The molecule has 7 heteroatoms. The summed E-state index contributed by atoms with van der Waals surface area (Å²) < 4.78 is 16.2. The summed E-state index contributed by atoms with van der Waals surface area (Å²) in [4.78, 5) is 8.93. The van der Waals surface area contributed by atoms with Crippen LogP contribution in [-0.2, 0) is 0 Å². The van der Waals surface area contributed by atoms with E-state index >= 15 is 0 Å². The standard InChI is InChI=1S/C21H24N4O3/c1-13-7-6-8-15(9-13)24-19-12-20(23-14(2)22-19)25-16-10-17(26-3)21(28-5)18(11-16)27-4/h6-12H,1-5H3,(H2,22,23,24,25). The molecule has 1 aromatic heterocycles. The van der Waals surface area contributed by atoms with Gasteiger partial charge in [-0.1, -0.05) is 12.1 Å². The summed E-state index contributed by atoms with van der Waals surface area (Å²) in [5.41, 5.74) is 2.90. The van der Waals surface area contributed by atoms with Crippen molar-refractivity contribution in [3.8, 4) is 17.2 Å². The Balaban J connectivity index is 1.89. The molecule has 0 aliphatic rings. The monoisotopic (exact) mass is 380 g/mol. The van der Waals surface area contributed by atoms with E-state index in [4.69, 9.17) is 14.2 Å². The maximum atomic E-state index is 5.40. The number of rotatable bonds is 7. The molecule has 3 rings (SSSR count). The predicted molar refractivity (Wildman–Crippen MR) is 111 cm³/mol. The first-order valence-electron chi connectivity index (χ1n) is 8.78. The van der Waals surface area contributed by atoms with E-state index in [-0.39, 0.29) is 0 Å². The van der Waals surface area contributed by atoms with E-state index in [0.717, 1.165) is 11.4 Å². The van der Waals surface area contributed by atoms with Crippen LogP contribution in [0.25, 0.3) is 0 Å². The normalized spacial score (nSPS) is 10.3. The lowest BCUT2D eigenvalue weighted by Gasteiger charge is -2.15. The van der Waals surface area contributed by atoms with Crippen LogP contribution in [0.4, 0.5) is 23.0 Å². The average Bonchev–Trinajstić information content (AvgIpc) is 2.66. The molecule has 2 N–H and O–H groups in total. The van der Waals surface area contributed by atoms with Crippen LogP contribution < -0.4 is 24.8 Å². The van der Waals surface area contributed by atoms with Gasteiger partial charge < -0.3 is 24.8 Å². The van der Waals surface area contributed by atoms with Crippen LogP contribution in [0.3, 0.4) is 0 Å². The first-order chi connectivity index (χ1) is 13.5. The minimum atomic E-state index is 0.538. The highest BCUT2D eigenvalue weighted by atomic mass is 16.5. The summed E-state index contributed by atoms with van der Waals surface area (Å²) >= 11 is 0. The highest BCUT2D eigenvalue weighted by Crippen LogP contribution is 2.40. The molecule has 0 spiro atoms. The zero-order valence-electron chi connectivity index (χ0n) is 16.7. The van der Waals surface area contributed by atoms with Crippen LogP contribution in [0, 0.1) is 13.8 Å². The highest BCUT2D eigenvalue weighted by molar-refractivity contribution is 5.68. The molecule has 146 valence electrons. The molecule has 0 radical (unpaired) electrons. The molecule has 0 fully saturated rings. The van der Waals surface area contributed by atoms with Gasteiger partial charge in [0.15, 0.2) is 11.5 Å². The van der Waals surface area contributed by atoms with E-state index in [2.05, 4.69) is 26.7 Å². The van der Waals surface area contributed by atoms with Crippen molar-refractivity contribution in [1.82, 2.24) is 9.97 Å². The van der Waals surface area contributed by atoms with Gasteiger partial charge in [-0.2, -0.15) is 0 Å². The lowest BCUT2D eigenvalue weighted by atomic mass is 10.2. The van der Waals surface area contributed by atoms with Crippen molar-refractivity contribution in [3.63, 3.8) is 0 Å². The Morgan fingerprint density at radius 3 is 1.86 bits per heavy atom. The number of hydrogen-bond donors (Lipinski definition) is 2. The fraction of sp³-hybridized carbons (Fsp3) is 0.238. The van der Waals surface area contributed by atoms with Crippen molar-refractivity contribution in [2.24, 2.45) is 0 Å². The highest BCUT2D eigenvalue weighted by Gasteiger charge is 2.14. The lowest BCUT2D eigenvalue weighted by Crippen LogP contribution is -2.02. The summed E-state index contributed by atoms with van der Waals surface area (Å²) in [5.74, 6) is 3.66. The van der Waals surface area contributed by atoms with Gasteiger partial charge in [-0.15, -0.1) is 0 Å². The maximum Gasteiger partial charge on any atom is 0.203 e. The van der Waals surface area contributed by atoms with Crippen LogP contribution >= 0.6 is 0 Å². The summed E-state index contributed by atoms with van der Waals surface area (Å²) in [7, 11) is 4.74. The van der Waals surface area contributed by atoms with Crippen LogP contribution in [0.5, 0.6) is 17.2 Å². The molecule has 0 unspecified atom stereocenters. The van der Waals surface area contributed by atoms with Crippen molar-refractivity contribution in [3.05, 3.63) is 53.9 Å². The summed E-state index contributed by atoms with van der Waals surface area (Å²) in [6, 6.07) is 13.6. The molecule has 0 bridgehead atoms. The van der Waals surface area contributed by atoms with E-state index in [0.29, 0.717) is 34.7 Å². The maximum absolute atomic E-state index is 5.40. The van der Waals surface area contributed by atoms with Gasteiger partial charge >= 0.3 is 0 Å². The molecule has 2 aromatic carbocycles. The zero-order chi connectivity index (χ0) is 20.1. The quantitative estimate of drug-likeness (QED) is 0.620. The number of benzene rings is 2. The molecule has 0 atom stereocenters. The van der Waals surface area contributed by atoms with Crippen LogP contribution in [0.15, 0.2) is 42.5 Å². The molecule has 0 aliphatic heterocycles. The SMILES string of the molecule is COc1cc(Nc2cc(Nc3cccc(C)c3)nc(C)n2)cc(OC)c1OC. The Kier molecular flexibility index (Phi) is 5.84. The first kappa shape index (κ1) is 19.3. The summed E-state index contributed by atoms with van der Waals surface area (Å²) in [6.07, 6.45) is 0. The fourth-order valence-corrected chi connectivity index (χ4v) is 2.87. The second-order valence-corrected chi connectivity index (χ2v) is 6.22. The van der Waals surface area contributed by atoms with E-state index in [9.17, 15) is 0 Å². The predicted octanol–water partition coefficient (Wildman–Crippen LogP) is 4.61. The first-order valence-corrected chi connectivity index (χ1v) is 8.78.